The molecule has 0 aliphatic carbocycles. The molecule has 8 nitrogen and oxygen atoms in total. The quantitative estimate of drug-likeness (QED) is 0.0934. The summed E-state index contributed by atoms with van der Waals surface area (Å²) < 4.78 is 60.7. The van der Waals surface area contributed by atoms with Crippen molar-refractivity contribution in [2.24, 2.45) is 0 Å². The summed E-state index contributed by atoms with van der Waals surface area (Å²) in [5.41, 5.74) is 4.59. The lowest BCUT2D eigenvalue weighted by atomic mass is 10.0. The Balaban J connectivity index is 1.22. The maximum atomic E-state index is 15.7. The number of hydrogen-bond donors (Lipinski definition) is 0. The van der Waals surface area contributed by atoms with Crippen LogP contribution in [0.15, 0.2) is 112 Å². The molecular weight excluding hydrogens is 652 g/mol. The van der Waals surface area contributed by atoms with E-state index in [1.165, 1.54) is 36.2 Å². The second kappa shape index (κ2) is 14.1. The standard InChI is InChI=1S/C37H33FN2O6S2/c1-4-44-34(41)16-13-25-7-5-8-26(19-25)20-28-23-45-37(39-28)27-9-6-10-29(21-27)46-35-32(38)22-33-31(36(35)47-3)17-18-40(33)48(42,43)30-14-11-24(2)12-15-30/h5-12,14-15,17-19,21-23H,4,13,16,20H2,1-3H3. The fraction of sp³-hybridized carbons (Fsp3) is 0.189. The number of nitrogens with zero attached hydrogens (tertiary/aromatic N) is 2. The summed E-state index contributed by atoms with van der Waals surface area (Å²) in [7, 11) is -3.95. The van der Waals surface area contributed by atoms with E-state index in [4.69, 9.17) is 13.9 Å². The van der Waals surface area contributed by atoms with Gasteiger partial charge in [0.2, 0.25) is 5.89 Å². The molecule has 0 N–H and O–H groups in total. The molecule has 0 aliphatic rings. The molecular formula is C37H33FN2O6S2. The third-order valence-electron chi connectivity index (χ3n) is 7.76. The number of benzene rings is 4. The summed E-state index contributed by atoms with van der Waals surface area (Å²) in [4.78, 5) is 17.0. The van der Waals surface area contributed by atoms with Crippen molar-refractivity contribution in [3.63, 3.8) is 0 Å². The minimum absolute atomic E-state index is 0.00596. The van der Waals surface area contributed by atoms with Gasteiger partial charge in [-0.3, -0.25) is 4.79 Å². The van der Waals surface area contributed by atoms with Gasteiger partial charge in [0.15, 0.2) is 11.6 Å². The van der Waals surface area contributed by atoms with Gasteiger partial charge in [-0.25, -0.2) is 21.8 Å². The highest BCUT2D eigenvalue weighted by molar-refractivity contribution is 7.99. The Hall–Kier alpha value is -4.87. The van der Waals surface area contributed by atoms with Crippen LogP contribution >= 0.6 is 11.8 Å². The molecule has 246 valence electrons. The van der Waals surface area contributed by atoms with Crippen molar-refractivity contribution in [1.82, 2.24) is 8.96 Å². The van der Waals surface area contributed by atoms with Crippen LogP contribution in [0.25, 0.3) is 22.4 Å². The highest BCUT2D eigenvalue weighted by atomic mass is 32.2. The molecule has 0 saturated carbocycles. The molecule has 0 spiro atoms. The Labute approximate surface area is 282 Å². The largest absolute Gasteiger partial charge is 0.466 e. The molecule has 2 aromatic heterocycles. The van der Waals surface area contributed by atoms with E-state index in [-0.39, 0.29) is 22.1 Å². The molecule has 4 aromatic carbocycles. The van der Waals surface area contributed by atoms with Gasteiger partial charge in [0, 0.05) is 36.1 Å². The van der Waals surface area contributed by atoms with Crippen LogP contribution in [0.5, 0.6) is 11.5 Å². The molecule has 0 bridgehead atoms. The van der Waals surface area contributed by atoms with Crippen molar-refractivity contribution in [2.45, 2.75) is 42.9 Å². The molecule has 0 fully saturated rings. The Morgan fingerprint density at radius 1 is 1.00 bits per heavy atom. The van der Waals surface area contributed by atoms with Crippen molar-refractivity contribution in [3.05, 3.63) is 126 Å². The molecule has 0 radical (unpaired) electrons. The number of ether oxygens (including phenoxy) is 2. The van der Waals surface area contributed by atoms with Crippen molar-refractivity contribution in [3.8, 4) is 23.0 Å². The third kappa shape index (κ3) is 7.02. The molecule has 6 aromatic rings. The number of rotatable bonds is 12. The lowest BCUT2D eigenvalue weighted by Gasteiger charge is -2.14. The molecule has 48 heavy (non-hydrogen) atoms. The average molecular weight is 685 g/mol. The number of fused-ring (bicyclic) bond motifs is 1. The monoisotopic (exact) mass is 684 g/mol. The number of aryl methyl sites for hydroxylation is 2. The second-order valence-corrected chi connectivity index (χ2v) is 13.8. The van der Waals surface area contributed by atoms with E-state index in [1.54, 1.807) is 55.8 Å². The van der Waals surface area contributed by atoms with Crippen LogP contribution in [-0.4, -0.2) is 36.2 Å². The summed E-state index contributed by atoms with van der Waals surface area (Å²) in [6, 6.07) is 24.3. The fourth-order valence-corrected chi connectivity index (χ4v) is 7.48. The molecule has 6 rings (SSSR count). The predicted molar refractivity (Wildman–Crippen MR) is 184 cm³/mol. The zero-order valence-electron chi connectivity index (χ0n) is 26.6. The maximum absolute atomic E-state index is 15.7. The molecule has 0 amide bonds. The van der Waals surface area contributed by atoms with Crippen LogP contribution in [0.4, 0.5) is 4.39 Å². The SMILES string of the molecule is CCOC(=O)CCc1cccc(Cc2coc(-c3cccc(Oc4c(F)cc5c(ccn5S(=O)(=O)c5ccc(C)cc5)c4SC)c3)n2)c1. The summed E-state index contributed by atoms with van der Waals surface area (Å²) in [6.07, 6.45) is 6.27. The smallest absolute Gasteiger partial charge is 0.306 e. The van der Waals surface area contributed by atoms with Crippen LogP contribution in [-0.2, 0) is 32.4 Å². The van der Waals surface area contributed by atoms with Gasteiger partial charge in [0.25, 0.3) is 10.0 Å². The Morgan fingerprint density at radius 3 is 2.54 bits per heavy atom. The van der Waals surface area contributed by atoms with Crippen molar-refractivity contribution < 1.29 is 31.5 Å². The molecule has 11 heteroatoms. The van der Waals surface area contributed by atoms with Crippen LogP contribution in [0, 0.1) is 12.7 Å². The maximum Gasteiger partial charge on any atom is 0.306 e. The number of hydrogen-bond acceptors (Lipinski definition) is 8. The first-order chi connectivity index (χ1) is 23.2. The van der Waals surface area contributed by atoms with E-state index in [2.05, 4.69) is 4.98 Å². The first kappa shape index (κ1) is 33.0. The van der Waals surface area contributed by atoms with E-state index >= 15 is 4.39 Å². The summed E-state index contributed by atoms with van der Waals surface area (Å²) in [5, 5.41) is 0.549. The fourth-order valence-electron chi connectivity index (χ4n) is 5.42. The number of esters is 1. The Bertz CT molecular complexity index is 2210. The number of aromatic nitrogens is 2. The minimum atomic E-state index is -3.95. The zero-order chi connectivity index (χ0) is 33.8. The zero-order valence-corrected chi connectivity index (χ0v) is 28.2. The van der Waals surface area contributed by atoms with Crippen molar-refractivity contribution >= 4 is 38.7 Å². The van der Waals surface area contributed by atoms with Crippen LogP contribution in [0.3, 0.4) is 0 Å². The predicted octanol–water partition coefficient (Wildman–Crippen LogP) is 8.58. The lowest BCUT2D eigenvalue weighted by Crippen LogP contribution is -2.12. The van der Waals surface area contributed by atoms with Gasteiger partial charge in [0.1, 0.15) is 12.0 Å². The highest BCUT2D eigenvalue weighted by Gasteiger charge is 2.24. The van der Waals surface area contributed by atoms with Crippen LogP contribution in [0.2, 0.25) is 0 Å². The van der Waals surface area contributed by atoms with Gasteiger partial charge in [-0.05, 0) is 74.0 Å². The van der Waals surface area contributed by atoms with Gasteiger partial charge >= 0.3 is 5.97 Å². The topological polar surface area (TPSA) is 101 Å². The molecule has 0 saturated heterocycles. The van der Waals surface area contributed by atoms with E-state index < -0.39 is 15.8 Å². The summed E-state index contributed by atoms with van der Waals surface area (Å²) in [5.74, 6) is -0.172. The van der Waals surface area contributed by atoms with Crippen LogP contribution in [0.1, 0.15) is 35.7 Å². The van der Waals surface area contributed by atoms with E-state index in [1.807, 2.05) is 37.3 Å². The Kier molecular flexibility index (Phi) is 9.70. The van der Waals surface area contributed by atoms with Gasteiger partial charge in [-0.15, -0.1) is 11.8 Å². The Morgan fingerprint density at radius 2 is 1.77 bits per heavy atom. The number of carbonyl (C=O) groups excluding carboxylic acids is 1. The summed E-state index contributed by atoms with van der Waals surface area (Å²) in [6.45, 7) is 4.03. The van der Waals surface area contributed by atoms with E-state index in [0.29, 0.717) is 53.4 Å². The molecule has 0 unspecified atom stereocenters. The van der Waals surface area contributed by atoms with Gasteiger partial charge in [-0.1, -0.05) is 48.0 Å². The minimum Gasteiger partial charge on any atom is -0.466 e. The lowest BCUT2D eigenvalue weighted by molar-refractivity contribution is -0.143. The van der Waals surface area contributed by atoms with Crippen molar-refractivity contribution in [1.29, 1.82) is 0 Å². The van der Waals surface area contributed by atoms with Gasteiger partial charge in [-0.2, -0.15) is 0 Å². The number of carbonyl (C=O) groups is 1. The number of thioether (sulfide) groups is 1. The van der Waals surface area contributed by atoms with Crippen molar-refractivity contribution in [2.75, 3.05) is 12.9 Å². The molecule has 2 heterocycles. The van der Waals surface area contributed by atoms with Gasteiger partial charge in [0.05, 0.1) is 27.6 Å². The third-order valence-corrected chi connectivity index (χ3v) is 10.3. The number of halogens is 1. The second-order valence-electron chi connectivity index (χ2n) is 11.2. The highest BCUT2D eigenvalue weighted by Crippen LogP contribution is 2.41. The molecule has 0 atom stereocenters. The molecule has 0 aliphatic heterocycles. The first-order valence-electron chi connectivity index (χ1n) is 15.3. The number of oxazole rings is 1. The van der Waals surface area contributed by atoms with E-state index in [9.17, 15) is 13.2 Å². The average Bonchev–Trinajstić information content (AvgIpc) is 3.72. The van der Waals surface area contributed by atoms with Gasteiger partial charge < -0.3 is 13.9 Å². The van der Waals surface area contributed by atoms with E-state index in [0.717, 1.165) is 26.4 Å². The summed E-state index contributed by atoms with van der Waals surface area (Å²) >= 11 is 1.27. The first-order valence-corrected chi connectivity index (χ1v) is 18.0. The normalized spacial score (nSPS) is 11.6. The van der Waals surface area contributed by atoms with Crippen LogP contribution < -0.4 is 4.74 Å².